The van der Waals surface area contributed by atoms with Gasteiger partial charge in [0.05, 0.1) is 19.6 Å². The van der Waals surface area contributed by atoms with Crippen molar-refractivity contribution in [2.45, 2.75) is 144 Å². The van der Waals surface area contributed by atoms with Crippen molar-refractivity contribution >= 4 is 19.7 Å². The average Bonchev–Trinajstić information content (AvgIpc) is 3.37. The first-order valence-corrected chi connectivity index (χ1v) is 28.9. The normalized spacial score (nSPS) is 12.5. The molecule has 0 amide bonds. The molecule has 0 atom stereocenters. The number of benzene rings is 8. The van der Waals surface area contributed by atoms with Crippen molar-refractivity contribution in [3.8, 4) is 45.6 Å². The summed E-state index contributed by atoms with van der Waals surface area (Å²) in [5.74, 6) is 3.76. The van der Waals surface area contributed by atoms with Crippen LogP contribution in [0.15, 0.2) is 214 Å². The van der Waals surface area contributed by atoms with E-state index in [1.54, 1.807) is 97.1 Å². The van der Waals surface area contributed by atoms with E-state index in [2.05, 4.69) is 116 Å². The lowest BCUT2D eigenvalue weighted by Gasteiger charge is -2.28. The highest BCUT2D eigenvalue weighted by Crippen LogP contribution is 2.36. The molecule has 8 aromatic carbocycles. The lowest BCUT2D eigenvalue weighted by atomic mass is 9.77. The van der Waals surface area contributed by atoms with E-state index in [9.17, 15) is 16.8 Å². The molecule has 8 nitrogen and oxygen atoms in total. The Kier molecular flexibility index (Phi) is 16.8. The van der Waals surface area contributed by atoms with Crippen LogP contribution in [0.25, 0.3) is 11.1 Å². The van der Waals surface area contributed by atoms with Crippen molar-refractivity contribution in [1.82, 2.24) is 0 Å². The molecule has 0 saturated carbocycles. The molecule has 0 bridgehead atoms. The second-order valence-corrected chi connectivity index (χ2v) is 27.8. The van der Waals surface area contributed by atoms with Crippen LogP contribution in [0.5, 0.6) is 34.5 Å². The number of rotatable bonds is 13. The molecular formula is C67H74O8S2. The molecule has 0 fully saturated rings. The molecule has 0 aliphatic rings. The van der Waals surface area contributed by atoms with Gasteiger partial charge in [-0.2, -0.15) is 0 Å². The maximum atomic E-state index is 13.1. The van der Waals surface area contributed by atoms with Crippen LogP contribution in [0.3, 0.4) is 0 Å². The maximum absolute atomic E-state index is 13.1. The largest absolute Gasteiger partial charge is 0.488 e. The Morgan fingerprint density at radius 1 is 0.260 bits per heavy atom. The quantitative estimate of drug-likeness (QED) is 0.112. The highest BCUT2D eigenvalue weighted by molar-refractivity contribution is 7.91. The van der Waals surface area contributed by atoms with E-state index in [-0.39, 0.29) is 47.0 Å². The zero-order valence-corrected chi connectivity index (χ0v) is 48.7. The van der Waals surface area contributed by atoms with Gasteiger partial charge in [-0.1, -0.05) is 128 Å². The smallest absolute Gasteiger partial charge is 0.206 e. The highest BCUT2D eigenvalue weighted by Gasteiger charge is 2.25. The summed E-state index contributed by atoms with van der Waals surface area (Å²) < 4.78 is 76.0. The lowest BCUT2D eigenvalue weighted by Crippen LogP contribution is -2.22. The van der Waals surface area contributed by atoms with Gasteiger partial charge in [-0.25, -0.2) is 16.8 Å². The van der Waals surface area contributed by atoms with Gasteiger partial charge < -0.3 is 18.9 Å². The van der Waals surface area contributed by atoms with Crippen molar-refractivity contribution in [2.75, 3.05) is 0 Å². The first-order valence-electron chi connectivity index (χ1n) is 25.9. The Balaban J connectivity index is 0.000000224. The number of ether oxygens (including phenoxy) is 4. The van der Waals surface area contributed by atoms with E-state index in [1.165, 1.54) is 22.3 Å². The molecule has 8 rings (SSSR count). The second-order valence-electron chi connectivity index (χ2n) is 23.9. The topological polar surface area (TPSA) is 105 Å². The Morgan fingerprint density at radius 2 is 0.468 bits per heavy atom. The molecule has 10 heteroatoms. The van der Waals surface area contributed by atoms with Gasteiger partial charge in [0.15, 0.2) is 0 Å². The molecule has 0 aliphatic heterocycles. The van der Waals surface area contributed by atoms with Gasteiger partial charge >= 0.3 is 0 Å². The van der Waals surface area contributed by atoms with Crippen LogP contribution in [-0.4, -0.2) is 28.0 Å². The summed E-state index contributed by atoms with van der Waals surface area (Å²) >= 11 is 0. The van der Waals surface area contributed by atoms with Gasteiger partial charge in [-0.3, -0.25) is 0 Å². The minimum Gasteiger partial charge on any atom is -0.488 e. The Hall–Kier alpha value is -7.14. The molecule has 0 aromatic heterocycles. The average molecular weight is 1070 g/mol. The third-order valence-electron chi connectivity index (χ3n) is 12.8. The van der Waals surface area contributed by atoms with Crippen LogP contribution >= 0.6 is 0 Å². The van der Waals surface area contributed by atoms with Gasteiger partial charge in [-0.15, -0.1) is 0 Å². The first-order chi connectivity index (χ1) is 35.9. The summed E-state index contributed by atoms with van der Waals surface area (Å²) in [5.41, 5.74) is 6.67. The predicted octanol–water partition coefficient (Wildman–Crippen LogP) is 17.6. The molecule has 77 heavy (non-hydrogen) atoms. The fourth-order valence-corrected chi connectivity index (χ4v) is 10.9. The Bertz CT molecular complexity index is 3450. The fourth-order valence-electron chi connectivity index (χ4n) is 8.37. The molecule has 8 aromatic rings. The number of hydrogen-bond acceptors (Lipinski definition) is 8. The minimum absolute atomic E-state index is 0.122. The maximum Gasteiger partial charge on any atom is 0.206 e. The zero-order valence-electron chi connectivity index (χ0n) is 47.1. The molecule has 0 saturated heterocycles. The van der Waals surface area contributed by atoms with Crippen LogP contribution < -0.4 is 18.9 Å². The summed E-state index contributed by atoms with van der Waals surface area (Å²) in [6, 6.07) is 59.4. The molecule has 402 valence electrons. The van der Waals surface area contributed by atoms with E-state index < -0.39 is 19.7 Å². The van der Waals surface area contributed by atoms with E-state index >= 15 is 0 Å². The summed E-state index contributed by atoms with van der Waals surface area (Å²) in [6.45, 7) is 29.4. The van der Waals surface area contributed by atoms with E-state index in [4.69, 9.17) is 18.9 Å². The van der Waals surface area contributed by atoms with Crippen molar-refractivity contribution < 1.29 is 35.8 Å². The zero-order chi connectivity index (χ0) is 56.2. The van der Waals surface area contributed by atoms with Crippen molar-refractivity contribution in [3.63, 3.8) is 0 Å². The molecule has 0 spiro atoms. The SMILES string of the molecule is CC(C)(C)Oc1ccc(S(=O)(=O)c2ccc(Oc3ccc(-c4ccc(C(C)(C)C)cc4)cc3)cc2)cc1.CC(C)(C)Oc1ccc(S(=O)(=O)c2ccc(Oc3ccc(C(C)(C)c4ccc(C(C)(C)C)cc4)cc3)cc2)cc1. The molecular weight excluding hydrogens is 997 g/mol. The molecule has 0 radical (unpaired) electrons. The molecule has 0 N–H and O–H groups in total. The summed E-state index contributed by atoms with van der Waals surface area (Å²) in [7, 11) is -7.31. The van der Waals surface area contributed by atoms with Crippen LogP contribution in [0.2, 0.25) is 0 Å². The van der Waals surface area contributed by atoms with Crippen LogP contribution in [-0.2, 0) is 35.9 Å². The standard InChI is InChI=1S/C35H40O4S.C32H34O4S/c1-33(2,3)25-9-11-26(12-10-25)35(7,8)27-13-15-28(16-14-27)38-29-17-21-31(22-18-29)40(36,37)32-23-19-30(20-24-32)39-34(4,5)6;1-31(2,3)25-11-7-23(8-12-25)24-9-13-26(14-10-24)35-27-15-19-29(20-16-27)37(33,34)30-21-17-28(18-22-30)36-32(4,5)6/h9-24H,1-8H3;7-22H,1-6H3. The van der Waals surface area contributed by atoms with Crippen molar-refractivity contribution in [1.29, 1.82) is 0 Å². The Morgan fingerprint density at radius 3 is 0.740 bits per heavy atom. The van der Waals surface area contributed by atoms with Gasteiger partial charge in [0, 0.05) is 5.41 Å². The summed E-state index contributed by atoms with van der Waals surface area (Å²) in [5, 5.41) is 0. The van der Waals surface area contributed by atoms with Crippen molar-refractivity contribution in [3.05, 3.63) is 216 Å². The molecule has 0 unspecified atom stereocenters. The van der Waals surface area contributed by atoms with Crippen LogP contribution in [0.4, 0.5) is 0 Å². The monoisotopic (exact) mass is 1070 g/mol. The van der Waals surface area contributed by atoms with E-state index in [0.29, 0.717) is 34.5 Å². The number of sulfone groups is 2. The van der Waals surface area contributed by atoms with E-state index in [1.807, 2.05) is 77.9 Å². The third kappa shape index (κ3) is 15.1. The van der Waals surface area contributed by atoms with Gasteiger partial charge in [0.1, 0.15) is 45.7 Å². The first kappa shape index (κ1) is 57.6. The fraction of sp³-hybridized carbons (Fsp3) is 0.284. The summed E-state index contributed by atoms with van der Waals surface area (Å²) in [6.07, 6.45) is 0. The van der Waals surface area contributed by atoms with Crippen LogP contribution in [0.1, 0.15) is 119 Å². The minimum atomic E-state index is -3.66. The molecule has 0 aliphatic carbocycles. The Labute approximate surface area is 458 Å². The number of hydrogen-bond donors (Lipinski definition) is 0. The van der Waals surface area contributed by atoms with E-state index in [0.717, 1.165) is 11.1 Å². The van der Waals surface area contributed by atoms with Gasteiger partial charge in [0.25, 0.3) is 0 Å². The van der Waals surface area contributed by atoms with Crippen LogP contribution in [0, 0.1) is 0 Å². The van der Waals surface area contributed by atoms with Gasteiger partial charge in [-0.05, 0) is 207 Å². The second kappa shape index (κ2) is 22.4. The lowest BCUT2D eigenvalue weighted by molar-refractivity contribution is 0.130. The predicted molar refractivity (Wildman–Crippen MR) is 312 cm³/mol. The van der Waals surface area contributed by atoms with Crippen molar-refractivity contribution in [2.24, 2.45) is 0 Å². The summed E-state index contributed by atoms with van der Waals surface area (Å²) in [4.78, 5) is 0.847. The third-order valence-corrected chi connectivity index (χ3v) is 16.4. The van der Waals surface area contributed by atoms with Gasteiger partial charge in [0.2, 0.25) is 19.7 Å². The highest BCUT2D eigenvalue weighted by atomic mass is 32.2. The molecule has 0 heterocycles.